The molecule has 7 heteroatoms. The molecule has 0 aliphatic carbocycles. The third-order valence-electron chi connectivity index (χ3n) is 4.92. The monoisotopic (exact) mass is 421 g/mol. The number of carbonyl (C=O) groups excluding carboxylic acids is 1. The summed E-state index contributed by atoms with van der Waals surface area (Å²) in [6.45, 7) is 6.84. The number of piperidine rings is 1. The first-order valence-electron chi connectivity index (χ1n) is 9.94. The maximum absolute atomic E-state index is 12.6. The van der Waals surface area contributed by atoms with Crippen LogP contribution in [0.1, 0.15) is 50.7 Å². The average Bonchev–Trinajstić information content (AvgIpc) is 2.67. The van der Waals surface area contributed by atoms with E-state index in [9.17, 15) is 18.0 Å². The Kier molecular flexibility index (Phi) is 6.29. The highest BCUT2D eigenvalue weighted by atomic mass is 19.4. The molecule has 1 heterocycles. The first-order chi connectivity index (χ1) is 14.0. The zero-order valence-electron chi connectivity index (χ0n) is 17.3. The molecule has 0 bridgehead atoms. The van der Waals surface area contributed by atoms with Crippen molar-refractivity contribution >= 4 is 6.09 Å². The minimum absolute atomic E-state index is 0.277. The summed E-state index contributed by atoms with van der Waals surface area (Å²) in [4.78, 5) is 13.9. The summed E-state index contributed by atoms with van der Waals surface area (Å²) in [6.07, 6.45) is -2.95. The largest absolute Gasteiger partial charge is 0.457 e. The van der Waals surface area contributed by atoms with Crippen LogP contribution < -0.4 is 4.74 Å². The van der Waals surface area contributed by atoms with Gasteiger partial charge in [-0.25, -0.2) is 4.79 Å². The number of hydrogen-bond acceptors (Lipinski definition) is 3. The first-order valence-corrected chi connectivity index (χ1v) is 9.94. The van der Waals surface area contributed by atoms with E-state index in [0.29, 0.717) is 30.5 Å². The molecule has 0 saturated carbocycles. The molecule has 1 aliphatic heterocycles. The molecule has 1 aliphatic rings. The summed E-state index contributed by atoms with van der Waals surface area (Å²) in [7, 11) is 0. The predicted octanol–water partition coefficient (Wildman–Crippen LogP) is 6.61. The van der Waals surface area contributed by atoms with Crippen molar-refractivity contribution < 1.29 is 27.4 Å². The first kappa shape index (κ1) is 22.0. The molecule has 0 spiro atoms. The summed E-state index contributed by atoms with van der Waals surface area (Å²) in [5.41, 5.74) is -0.0573. The maximum Gasteiger partial charge on any atom is 0.416 e. The molecule has 30 heavy (non-hydrogen) atoms. The lowest BCUT2D eigenvalue weighted by atomic mass is 9.89. The molecule has 2 aromatic carbocycles. The van der Waals surface area contributed by atoms with Crippen molar-refractivity contribution in [1.82, 2.24) is 4.90 Å². The Morgan fingerprint density at radius 3 is 1.87 bits per heavy atom. The summed E-state index contributed by atoms with van der Waals surface area (Å²) < 4.78 is 49.0. The van der Waals surface area contributed by atoms with Crippen LogP contribution in [0.4, 0.5) is 18.0 Å². The standard InChI is InChI=1S/C23H26F3NO3/c1-22(2,3)30-21(28)27-14-12-17(13-15-27)16-4-8-19(9-5-16)29-20-10-6-18(7-11-20)23(24,25)26/h4-11,17H,12-15H2,1-3H3. The fraction of sp³-hybridized carbons (Fsp3) is 0.435. The van der Waals surface area contributed by atoms with Gasteiger partial charge in [-0.1, -0.05) is 12.1 Å². The number of alkyl halides is 3. The van der Waals surface area contributed by atoms with Gasteiger partial charge in [-0.15, -0.1) is 0 Å². The van der Waals surface area contributed by atoms with Gasteiger partial charge in [0, 0.05) is 13.1 Å². The molecule has 1 saturated heterocycles. The van der Waals surface area contributed by atoms with Gasteiger partial charge in [0.1, 0.15) is 17.1 Å². The molecular formula is C23H26F3NO3. The quantitative estimate of drug-likeness (QED) is 0.560. The number of benzene rings is 2. The lowest BCUT2D eigenvalue weighted by Gasteiger charge is -2.33. The summed E-state index contributed by atoms with van der Waals surface area (Å²) >= 11 is 0. The SMILES string of the molecule is CC(C)(C)OC(=O)N1CCC(c2ccc(Oc3ccc(C(F)(F)F)cc3)cc2)CC1. The Balaban J connectivity index is 1.54. The fourth-order valence-electron chi connectivity index (χ4n) is 3.38. The second-order valence-corrected chi connectivity index (χ2v) is 8.43. The number of halogens is 3. The normalized spacial score (nSPS) is 15.7. The summed E-state index contributed by atoms with van der Waals surface area (Å²) in [6, 6.07) is 12.2. The zero-order chi connectivity index (χ0) is 21.9. The molecule has 1 fully saturated rings. The van der Waals surface area contributed by atoms with Crippen molar-refractivity contribution in [3.8, 4) is 11.5 Å². The van der Waals surface area contributed by atoms with Gasteiger partial charge in [0.15, 0.2) is 0 Å². The van der Waals surface area contributed by atoms with Crippen LogP contribution in [0.2, 0.25) is 0 Å². The predicted molar refractivity (Wildman–Crippen MR) is 108 cm³/mol. The van der Waals surface area contributed by atoms with Crippen molar-refractivity contribution in [1.29, 1.82) is 0 Å². The molecule has 4 nitrogen and oxygen atoms in total. The van der Waals surface area contributed by atoms with Crippen LogP contribution in [0.15, 0.2) is 48.5 Å². The number of rotatable bonds is 3. The topological polar surface area (TPSA) is 38.8 Å². The molecule has 0 aromatic heterocycles. The lowest BCUT2D eigenvalue weighted by molar-refractivity contribution is -0.137. The molecule has 1 amide bonds. The molecule has 0 atom stereocenters. The fourth-order valence-corrected chi connectivity index (χ4v) is 3.38. The number of amides is 1. The van der Waals surface area contributed by atoms with Gasteiger partial charge < -0.3 is 14.4 Å². The number of nitrogens with zero attached hydrogens (tertiary/aromatic N) is 1. The number of ether oxygens (including phenoxy) is 2. The second-order valence-electron chi connectivity index (χ2n) is 8.43. The van der Waals surface area contributed by atoms with Crippen molar-refractivity contribution in [2.45, 2.75) is 51.3 Å². The lowest BCUT2D eigenvalue weighted by Crippen LogP contribution is -2.41. The summed E-state index contributed by atoms with van der Waals surface area (Å²) in [5.74, 6) is 1.25. The third-order valence-corrected chi connectivity index (χ3v) is 4.92. The Hall–Kier alpha value is -2.70. The Bertz CT molecular complexity index is 847. The van der Waals surface area contributed by atoms with Crippen LogP contribution in [0.3, 0.4) is 0 Å². The second kappa shape index (κ2) is 8.58. The van der Waals surface area contributed by atoms with Crippen LogP contribution >= 0.6 is 0 Å². The van der Waals surface area contributed by atoms with Crippen molar-refractivity contribution in [2.24, 2.45) is 0 Å². The highest BCUT2D eigenvalue weighted by Gasteiger charge is 2.30. The van der Waals surface area contributed by atoms with E-state index in [0.717, 1.165) is 30.5 Å². The molecule has 0 N–H and O–H groups in total. The molecule has 0 radical (unpaired) electrons. The Morgan fingerprint density at radius 1 is 0.900 bits per heavy atom. The van der Waals surface area contributed by atoms with E-state index >= 15 is 0 Å². The van der Waals surface area contributed by atoms with Crippen LogP contribution in [0.25, 0.3) is 0 Å². The van der Waals surface area contributed by atoms with E-state index < -0.39 is 17.3 Å². The van der Waals surface area contributed by atoms with Crippen LogP contribution in [-0.4, -0.2) is 29.7 Å². The highest BCUT2D eigenvalue weighted by Crippen LogP contribution is 2.33. The van der Waals surface area contributed by atoms with E-state index in [1.165, 1.54) is 12.1 Å². The van der Waals surface area contributed by atoms with Gasteiger partial charge in [-0.05, 0) is 81.5 Å². The van der Waals surface area contributed by atoms with Crippen LogP contribution in [-0.2, 0) is 10.9 Å². The smallest absolute Gasteiger partial charge is 0.416 e. The third kappa shape index (κ3) is 5.90. The number of likely N-dealkylation sites (tertiary alicyclic amines) is 1. The van der Waals surface area contributed by atoms with Gasteiger partial charge in [0.25, 0.3) is 0 Å². The van der Waals surface area contributed by atoms with Crippen molar-refractivity contribution in [2.75, 3.05) is 13.1 Å². The van der Waals surface area contributed by atoms with Crippen LogP contribution in [0.5, 0.6) is 11.5 Å². The minimum atomic E-state index is -4.36. The highest BCUT2D eigenvalue weighted by molar-refractivity contribution is 5.68. The van der Waals surface area contributed by atoms with Gasteiger partial charge in [-0.3, -0.25) is 0 Å². The molecular weight excluding hydrogens is 395 g/mol. The van der Waals surface area contributed by atoms with Gasteiger partial charge >= 0.3 is 12.3 Å². The molecule has 2 aromatic rings. The van der Waals surface area contributed by atoms with Gasteiger partial charge in [0.05, 0.1) is 5.56 Å². The van der Waals surface area contributed by atoms with E-state index in [1.807, 2.05) is 45.0 Å². The van der Waals surface area contributed by atoms with Crippen molar-refractivity contribution in [3.63, 3.8) is 0 Å². The van der Waals surface area contributed by atoms with Gasteiger partial charge in [0.2, 0.25) is 0 Å². The van der Waals surface area contributed by atoms with E-state index in [-0.39, 0.29) is 6.09 Å². The molecule has 162 valence electrons. The van der Waals surface area contributed by atoms with E-state index in [2.05, 4.69) is 0 Å². The Labute approximate surface area is 174 Å². The number of carbonyl (C=O) groups is 1. The van der Waals surface area contributed by atoms with Gasteiger partial charge in [-0.2, -0.15) is 13.2 Å². The zero-order valence-corrected chi connectivity index (χ0v) is 17.3. The minimum Gasteiger partial charge on any atom is -0.457 e. The van der Waals surface area contributed by atoms with E-state index in [4.69, 9.17) is 9.47 Å². The molecule has 0 unspecified atom stereocenters. The summed E-state index contributed by atoms with van der Waals surface area (Å²) in [5, 5.41) is 0. The van der Waals surface area contributed by atoms with Crippen LogP contribution in [0, 0.1) is 0 Å². The maximum atomic E-state index is 12.6. The average molecular weight is 421 g/mol. The molecule has 3 rings (SSSR count). The number of hydrogen-bond donors (Lipinski definition) is 0. The Morgan fingerprint density at radius 2 is 1.40 bits per heavy atom. The van der Waals surface area contributed by atoms with Crippen molar-refractivity contribution in [3.05, 3.63) is 59.7 Å². The van der Waals surface area contributed by atoms with E-state index in [1.54, 1.807) is 4.90 Å².